The van der Waals surface area contributed by atoms with Crippen molar-refractivity contribution in [1.29, 1.82) is 0 Å². The van der Waals surface area contributed by atoms with Gasteiger partial charge in [-0.1, -0.05) is 0 Å². The molecule has 0 fully saturated rings. The molecule has 0 saturated heterocycles. The van der Waals surface area contributed by atoms with E-state index < -0.39 is 0 Å². The van der Waals surface area contributed by atoms with Crippen molar-refractivity contribution in [2.24, 2.45) is 0 Å². The number of aliphatic hydroxyl groups excluding tert-OH is 1. The molecule has 90 valence electrons. The van der Waals surface area contributed by atoms with Crippen molar-refractivity contribution >= 4 is 21.6 Å². The normalized spacial score (nSPS) is 12.5. The zero-order chi connectivity index (χ0) is 12.1. The molecule has 0 saturated carbocycles. The summed E-state index contributed by atoms with van der Waals surface area (Å²) in [5.74, 6) is 0. The van der Waals surface area contributed by atoms with E-state index in [1.807, 2.05) is 6.92 Å². The van der Waals surface area contributed by atoms with E-state index in [0.29, 0.717) is 29.7 Å². The minimum atomic E-state index is -0.352. The molecule has 1 atom stereocenters. The third-order valence-electron chi connectivity index (χ3n) is 2.16. The molecule has 0 aromatic carbocycles. The average Bonchev–Trinajstić information content (AvgIpc) is 2.24. The molecule has 0 aliphatic rings. The summed E-state index contributed by atoms with van der Waals surface area (Å²) in [7, 11) is 0. The van der Waals surface area contributed by atoms with Gasteiger partial charge in [-0.25, -0.2) is 4.68 Å². The quantitative estimate of drug-likeness (QED) is 0.855. The molecule has 0 aliphatic carbocycles. The summed E-state index contributed by atoms with van der Waals surface area (Å²) in [4.78, 5) is 11.7. The maximum Gasteiger partial charge on any atom is 0.283 e. The van der Waals surface area contributed by atoms with E-state index >= 15 is 0 Å². The van der Waals surface area contributed by atoms with Crippen LogP contribution in [0.3, 0.4) is 0 Å². The first-order valence-electron chi connectivity index (χ1n) is 5.23. The highest BCUT2D eigenvalue weighted by Gasteiger charge is 2.07. The first-order chi connectivity index (χ1) is 7.56. The molecule has 16 heavy (non-hydrogen) atoms. The van der Waals surface area contributed by atoms with Gasteiger partial charge in [-0.15, -0.1) is 0 Å². The number of anilines is 1. The zero-order valence-electron chi connectivity index (χ0n) is 9.40. The van der Waals surface area contributed by atoms with Crippen molar-refractivity contribution in [2.45, 2.75) is 32.9 Å². The van der Waals surface area contributed by atoms with E-state index in [1.165, 1.54) is 4.68 Å². The summed E-state index contributed by atoms with van der Waals surface area (Å²) in [6.45, 7) is 4.74. The van der Waals surface area contributed by atoms with Crippen molar-refractivity contribution in [1.82, 2.24) is 9.78 Å². The molecule has 1 aromatic heterocycles. The molecule has 0 bridgehead atoms. The second kappa shape index (κ2) is 6.00. The summed E-state index contributed by atoms with van der Waals surface area (Å²) in [5.41, 5.74) is 0.514. The van der Waals surface area contributed by atoms with Gasteiger partial charge in [-0.3, -0.25) is 4.79 Å². The van der Waals surface area contributed by atoms with Crippen LogP contribution < -0.4 is 10.9 Å². The molecule has 0 radical (unpaired) electrons. The third-order valence-corrected chi connectivity index (χ3v) is 2.93. The molecule has 1 unspecified atom stereocenters. The topological polar surface area (TPSA) is 67.2 Å². The van der Waals surface area contributed by atoms with Crippen LogP contribution in [0.1, 0.15) is 20.3 Å². The Morgan fingerprint density at radius 2 is 2.38 bits per heavy atom. The number of hydrogen-bond acceptors (Lipinski definition) is 4. The van der Waals surface area contributed by atoms with Crippen LogP contribution in [0.25, 0.3) is 0 Å². The SMILES string of the molecule is CCn1ncc(NCCC(C)O)c(Br)c1=O. The maximum absolute atomic E-state index is 11.7. The number of aliphatic hydroxyl groups is 1. The molecular formula is C10H16BrN3O2. The lowest BCUT2D eigenvalue weighted by molar-refractivity contribution is 0.188. The van der Waals surface area contributed by atoms with Crippen LogP contribution >= 0.6 is 15.9 Å². The molecule has 0 aliphatic heterocycles. The van der Waals surface area contributed by atoms with Gasteiger partial charge in [-0.05, 0) is 36.2 Å². The van der Waals surface area contributed by atoms with Gasteiger partial charge >= 0.3 is 0 Å². The predicted molar refractivity (Wildman–Crippen MR) is 66.7 cm³/mol. The highest BCUT2D eigenvalue weighted by Crippen LogP contribution is 2.15. The van der Waals surface area contributed by atoms with Gasteiger partial charge < -0.3 is 10.4 Å². The number of aryl methyl sites for hydroxylation is 1. The number of hydrogen-bond donors (Lipinski definition) is 2. The lowest BCUT2D eigenvalue weighted by Crippen LogP contribution is -2.24. The zero-order valence-corrected chi connectivity index (χ0v) is 11.0. The van der Waals surface area contributed by atoms with Crippen molar-refractivity contribution in [3.8, 4) is 0 Å². The van der Waals surface area contributed by atoms with Gasteiger partial charge in [0.05, 0.1) is 18.0 Å². The molecule has 2 N–H and O–H groups in total. The van der Waals surface area contributed by atoms with Crippen LogP contribution in [0, 0.1) is 0 Å². The second-order valence-electron chi connectivity index (χ2n) is 3.56. The highest BCUT2D eigenvalue weighted by atomic mass is 79.9. The largest absolute Gasteiger partial charge is 0.393 e. The third kappa shape index (κ3) is 3.31. The summed E-state index contributed by atoms with van der Waals surface area (Å²) in [6, 6.07) is 0. The Balaban J connectivity index is 2.75. The Kier molecular flexibility index (Phi) is 4.95. The molecule has 1 heterocycles. The van der Waals surface area contributed by atoms with Gasteiger partial charge in [0.25, 0.3) is 5.56 Å². The smallest absolute Gasteiger partial charge is 0.283 e. The molecule has 0 spiro atoms. The summed E-state index contributed by atoms with van der Waals surface area (Å²) in [5, 5.41) is 16.2. The van der Waals surface area contributed by atoms with E-state index in [9.17, 15) is 4.79 Å². The molecule has 1 aromatic rings. The minimum absolute atomic E-state index is 0.149. The van der Waals surface area contributed by atoms with Crippen molar-refractivity contribution in [2.75, 3.05) is 11.9 Å². The van der Waals surface area contributed by atoms with Crippen molar-refractivity contribution in [3.05, 3.63) is 21.0 Å². The summed E-state index contributed by atoms with van der Waals surface area (Å²) >= 11 is 3.24. The van der Waals surface area contributed by atoms with Crippen LogP contribution in [-0.4, -0.2) is 27.5 Å². The van der Waals surface area contributed by atoms with E-state index in [0.717, 1.165) is 0 Å². The number of rotatable bonds is 5. The Bertz CT molecular complexity index is 404. The second-order valence-corrected chi connectivity index (χ2v) is 4.35. The average molecular weight is 290 g/mol. The predicted octanol–water partition coefficient (Wildman–Crippen LogP) is 1.21. The van der Waals surface area contributed by atoms with Crippen LogP contribution in [-0.2, 0) is 6.54 Å². The Hall–Kier alpha value is -0.880. The lowest BCUT2D eigenvalue weighted by atomic mass is 10.3. The van der Waals surface area contributed by atoms with Crippen LogP contribution in [0.2, 0.25) is 0 Å². The first kappa shape index (κ1) is 13.2. The van der Waals surface area contributed by atoms with E-state index in [-0.39, 0.29) is 11.7 Å². The summed E-state index contributed by atoms with van der Waals surface area (Å²) < 4.78 is 1.86. The molecular weight excluding hydrogens is 274 g/mol. The van der Waals surface area contributed by atoms with Crippen LogP contribution in [0.15, 0.2) is 15.5 Å². The summed E-state index contributed by atoms with van der Waals surface area (Å²) in [6.07, 6.45) is 1.88. The standard InChI is InChI=1S/C10H16BrN3O2/c1-3-14-10(16)9(11)8(6-13-14)12-5-4-7(2)15/h6-7,12,15H,3-5H2,1-2H3. The fourth-order valence-electron chi connectivity index (χ4n) is 1.23. The Morgan fingerprint density at radius 3 is 2.94 bits per heavy atom. The monoisotopic (exact) mass is 289 g/mol. The van der Waals surface area contributed by atoms with Crippen LogP contribution in [0.4, 0.5) is 5.69 Å². The minimum Gasteiger partial charge on any atom is -0.393 e. The number of aromatic nitrogens is 2. The number of halogens is 1. The molecule has 6 heteroatoms. The van der Waals surface area contributed by atoms with Gasteiger partial charge in [0.2, 0.25) is 0 Å². The fraction of sp³-hybridized carbons (Fsp3) is 0.600. The van der Waals surface area contributed by atoms with Gasteiger partial charge in [-0.2, -0.15) is 5.10 Å². The fourth-order valence-corrected chi connectivity index (χ4v) is 1.68. The van der Waals surface area contributed by atoms with E-state index in [2.05, 4.69) is 26.3 Å². The van der Waals surface area contributed by atoms with Gasteiger partial charge in [0, 0.05) is 13.1 Å². The molecule has 5 nitrogen and oxygen atoms in total. The van der Waals surface area contributed by atoms with Crippen LogP contribution in [0.5, 0.6) is 0 Å². The first-order valence-corrected chi connectivity index (χ1v) is 6.03. The Morgan fingerprint density at radius 1 is 1.69 bits per heavy atom. The lowest BCUT2D eigenvalue weighted by Gasteiger charge is -2.10. The Labute approximate surface area is 103 Å². The van der Waals surface area contributed by atoms with Crippen molar-refractivity contribution < 1.29 is 5.11 Å². The van der Waals surface area contributed by atoms with E-state index in [1.54, 1.807) is 13.1 Å². The van der Waals surface area contributed by atoms with Gasteiger partial charge in [0.15, 0.2) is 0 Å². The van der Waals surface area contributed by atoms with Gasteiger partial charge in [0.1, 0.15) is 4.47 Å². The van der Waals surface area contributed by atoms with E-state index in [4.69, 9.17) is 5.11 Å². The highest BCUT2D eigenvalue weighted by molar-refractivity contribution is 9.10. The molecule has 1 rings (SSSR count). The number of nitrogens with zero attached hydrogens (tertiary/aromatic N) is 2. The molecule has 0 amide bonds. The van der Waals surface area contributed by atoms with Crippen molar-refractivity contribution in [3.63, 3.8) is 0 Å². The maximum atomic E-state index is 11.7. The number of nitrogens with one attached hydrogen (secondary N) is 1.